The number of amides is 1. The summed E-state index contributed by atoms with van der Waals surface area (Å²) in [4.78, 5) is 14.6. The van der Waals surface area contributed by atoms with Crippen LogP contribution in [0, 0.1) is 0 Å². The lowest BCUT2D eigenvalue weighted by Gasteiger charge is -2.23. The van der Waals surface area contributed by atoms with E-state index in [1.54, 1.807) is 12.1 Å². The van der Waals surface area contributed by atoms with Crippen LogP contribution in [0.15, 0.2) is 42.5 Å². The van der Waals surface area contributed by atoms with Crippen molar-refractivity contribution in [3.05, 3.63) is 63.6 Å². The Kier molecular flexibility index (Phi) is 6.49. The second-order valence-corrected chi connectivity index (χ2v) is 6.49. The predicted molar refractivity (Wildman–Crippen MR) is 98.2 cm³/mol. The van der Waals surface area contributed by atoms with Crippen LogP contribution in [-0.4, -0.2) is 38.6 Å². The number of carbonyl (C=O) groups excluding carboxylic acids is 1. The Bertz CT molecular complexity index is 682. The average Bonchev–Trinajstić information content (AvgIpc) is 2.54. The van der Waals surface area contributed by atoms with Crippen LogP contribution in [0.3, 0.4) is 0 Å². The topological polar surface area (TPSA) is 41.6 Å². The molecule has 2 aromatic rings. The lowest BCUT2D eigenvalue weighted by molar-refractivity contribution is 0.0930. The van der Waals surface area contributed by atoms with E-state index in [2.05, 4.69) is 5.32 Å². The maximum Gasteiger partial charge on any atom is 0.251 e. The first-order valence-electron chi connectivity index (χ1n) is 7.46. The van der Waals surface area contributed by atoms with E-state index in [0.29, 0.717) is 27.9 Å². The van der Waals surface area contributed by atoms with Gasteiger partial charge in [0.15, 0.2) is 5.75 Å². The van der Waals surface area contributed by atoms with E-state index >= 15 is 0 Å². The van der Waals surface area contributed by atoms with Crippen LogP contribution in [0.5, 0.6) is 5.75 Å². The fraction of sp³-hybridized carbons (Fsp3) is 0.278. The van der Waals surface area contributed by atoms with Crippen molar-refractivity contribution in [3.63, 3.8) is 0 Å². The molecule has 2 aromatic carbocycles. The van der Waals surface area contributed by atoms with Crippen molar-refractivity contribution in [3.8, 4) is 5.75 Å². The molecule has 4 nitrogen and oxygen atoms in total. The minimum Gasteiger partial charge on any atom is -0.494 e. The molecular weight excluding hydrogens is 347 g/mol. The summed E-state index contributed by atoms with van der Waals surface area (Å²) in [7, 11) is 5.40. The third-order valence-corrected chi connectivity index (χ3v) is 4.08. The number of nitrogens with zero attached hydrogens (tertiary/aromatic N) is 1. The van der Waals surface area contributed by atoms with E-state index in [1.165, 1.54) is 7.11 Å². The number of nitrogens with one attached hydrogen (secondary N) is 1. The zero-order valence-corrected chi connectivity index (χ0v) is 15.4. The first-order chi connectivity index (χ1) is 11.4. The highest BCUT2D eigenvalue weighted by Crippen LogP contribution is 2.33. The molecule has 0 fully saturated rings. The van der Waals surface area contributed by atoms with Crippen LogP contribution < -0.4 is 10.1 Å². The Morgan fingerprint density at radius 2 is 1.75 bits per heavy atom. The molecule has 0 saturated carbocycles. The van der Waals surface area contributed by atoms with Crippen molar-refractivity contribution in [1.29, 1.82) is 0 Å². The first kappa shape index (κ1) is 18.6. The second-order valence-electron chi connectivity index (χ2n) is 5.67. The highest BCUT2D eigenvalue weighted by molar-refractivity contribution is 6.37. The molecule has 0 spiro atoms. The van der Waals surface area contributed by atoms with Gasteiger partial charge in [0.2, 0.25) is 0 Å². The van der Waals surface area contributed by atoms with Gasteiger partial charge in [0.1, 0.15) is 0 Å². The van der Waals surface area contributed by atoms with Gasteiger partial charge in [-0.1, -0.05) is 53.5 Å². The summed E-state index contributed by atoms with van der Waals surface area (Å²) in [5, 5.41) is 3.64. The van der Waals surface area contributed by atoms with Gasteiger partial charge in [-0.25, -0.2) is 0 Å². The number of likely N-dealkylation sites (N-methyl/N-ethyl adjacent to an activating group) is 1. The van der Waals surface area contributed by atoms with E-state index < -0.39 is 0 Å². The van der Waals surface area contributed by atoms with Crippen molar-refractivity contribution in [2.75, 3.05) is 27.7 Å². The van der Waals surface area contributed by atoms with Gasteiger partial charge in [0.25, 0.3) is 5.91 Å². The van der Waals surface area contributed by atoms with E-state index in [9.17, 15) is 4.79 Å². The largest absolute Gasteiger partial charge is 0.494 e. The summed E-state index contributed by atoms with van der Waals surface area (Å²) < 4.78 is 5.11. The fourth-order valence-electron chi connectivity index (χ4n) is 2.41. The molecule has 0 saturated heterocycles. The van der Waals surface area contributed by atoms with Crippen molar-refractivity contribution in [2.24, 2.45) is 0 Å². The number of methoxy groups -OCH3 is 1. The third kappa shape index (κ3) is 4.63. The van der Waals surface area contributed by atoms with Crippen molar-refractivity contribution in [1.82, 2.24) is 10.2 Å². The highest BCUT2D eigenvalue weighted by Gasteiger charge is 2.19. The molecule has 0 aliphatic carbocycles. The Balaban J connectivity index is 2.25. The normalized spacial score (nSPS) is 12.1. The molecule has 0 bridgehead atoms. The minimum atomic E-state index is -0.239. The van der Waals surface area contributed by atoms with Crippen molar-refractivity contribution >= 4 is 29.1 Å². The van der Waals surface area contributed by atoms with Gasteiger partial charge in [-0.2, -0.15) is 0 Å². The molecular formula is C18H20Cl2N2O2. The third-order valence-electron chi connectivity index (χ3n) is 3.52. The molecule has 1 amide bonds. The van der Waals surface area contributed by atoms with Crippen molar-refractivity contribution < 1.29 is 9.53 Å². The van der Waals surface area contributed by atoms with Gasteiger partial charge < -0.3 is 15.0 Å². The number of rotatable bonds is 6. The number of hydrogen-bond donors (Lipinski definition) is 1. The standard InChI is InChI=1S/C18H20Cl2N2O2/c1-22(2)11-16(12-7-5-4-6-8-12)21-18(23)13-9-14(19)17(24-3)15(20)10-13/h4-10,16H,11H2,1-3H3,(H,21,23)/t16-/m0/s1. The van der Waals surface area contributed by atoms with Gasteiger partial charge in [0.05, 0.1) is 23.2 Å². The van der Waals surface area contributed by atoms with Crippen LogP contribution >= 0.6 is 23.2 Å². The molecule has 2 rings (SSSR count). The maximum absolute atomic E-state index is 12.6. The molecule has 128 valence electrons. The zero-order chi connectivity index (χ0) is 17.7. The second kappa shape index (κ2) is 8.38. The minimum absolute atomic E-state index is 0.145. The van der Waals surface area contributed by atoms with Gasteiger partial charge in [-0.3, -0.25) is 4.79 Å². The zero-order valence-electron chi connectivity index (χ0n) is 13.8. The quantitative estimate of drug-likeness (QED) is 0.838. The van der Waals surface area contributed by atoms with Gasteiger partial charge >= 0.3 is 0 Å². The van der Waals surface area contributed by atoms with Gasteiger partial charge in [-0.15, -0.1) is 0 Å². The lowest BCUT2D eigenvalue weighted by Crippen LogP contribution is -2.35. The Morgan fingerprint density at radius 3 is 2.25 bits per heavy atom. The summed E-state index contributed by atoms with van der Waals surface area (Å²) in [6.07, 6.45) is 0. The van der Waals surface area contributed by atoms with E-state index in [-0.39, 0.29) is 11.9 Å². The molecule has 0 aromatic heterocycles. The smallest absolute Gasteiger partial charge is 0.251 e. The highest BCUT2D eigenvalue weighted by atomic mass is 35.5. The molecule has 0 aliphatic heterocycles. The summed E-state index contributed by atoms with van der Waals surface area (Å²) >= 11 is 12.2. The van der Waals surface area contributed by atoms with Crippen LogP contribution in [0.25, 0.3) is 0 Å². The fourth-order valence-corrected chi connectivity index (χ4v) is 3.05. The number of ether oxygens (including phenoxy) is 1. The van der Waals surface area contributed by atoms with E-state index in [0.717, 1.165) is 5.56 Å². The molecule has 0 aliphatic rings. The van der Waals surface area contributed by atoms with Crippen LogP contribution in [0.4, 0.5) is 0 Å². The average molecular weight is 367 g/mol. The number of carbonyl (C=O) groups is 1. The maximum atomic E-state index is 12.6. The number of benzene rings is 2. The molecule has 0 radical (unpaired) electrons. The summed E-state index contributed by atoms with van der Waals surface area (Å²) in [6, 6.07) is 12.8. The van der Waals surface area contributed by atoms with Crippen LogP contribution in [0.2, 0.25) is 10.0 Å². The molecule has 1 atom stereocenters. The SMILES string of the molecule is COc1c(Cl)cc(C(=O)N[C@@H](CN(C)C)c2ccccc2)cc1Cl. The first-order valence-corrected chi connectivity index (χ1v) is 8.21. The van der Waals surface area contributed by atoms with Crippen molar-refractivity contribution in [2.45, 2.75) is 6.04 Å². The lowest BCUT2D eigenvalue weighted by atomic mass is 10.1. The summed E-state index contributed by atoms with van der Waals surface area (Å²) in [6.45, 7) is 0.674. The monoisotopic (exact) mass is 366 g/mol. The molecule has 24 heavy (non-hydrogen) atoms. The Morgan fingerprint density at radius 1 is 1.17 bits per heavy atom. The van der Waals surface area contributed by atoms with Crippen LogP contribution in [0.1, 0.15) is 22.0 Å². The molecule has 1 N–H and O–H groups in total. The van der Waals surface area contributed by atoms with Gasteiger partial charge in [0, 0.05) is 12.1 Å². The van der Waals surface area contributed by atoms with E-state index in [4.69, 9.17) is 27.9 Å². The van der Waals surface area contributed by atoms with Crippen LogP contribution in [-0.2, 0) is 0 Å². The molecule has 0 unspecified atom stereocenters. The number of hydrogen-bond acceptors (Lipinski definition) is 3. The Labute approximate surface area is 152 Å². The summed E-state index contributed by atoms with van der Waals surface area (Å²) in [5.41, 5.74) is 1.43. The Hall–Kier alpha value is -1.75. The summed E-state index contributed by atoms with van der Waals surface area (Å²) in [5.74, 6) is 0.125. The number of halogens is 2. The molecule has 6 heteroatoms. The van der Waals surface area contributed by atoms with E-state index in [1.807, 2.05) is 49.3 Å². The molecule has 0 heterocycles. The van der Waals surface area contributed by atoms with Gasteiger partial charge in [-0.05, 0) is 31.8 Å². The predicted octanol–water partition coefficient (Wildman–Crippen LogP) is 4.03.